The normalized spacial score (nSPS) is 11.0. The van der Waals surface area contributed by atoms with Crippen LogP contribution < -0.4 is 10.1 Å². The molecule has 23 heavy (non-hydrogen) atoms. The number of carbonyl (C=O) groups excluding carboxylic acids is 1. The molecule has 0 aromatic heterocycles. The Hall–Kier alpha value is -2.40. The summed E-state index contributed by atoms with van der Waals surface area (Å²) < 4.78 is 28.3. The Morgan fingerprint density at radius 1 is 1.22 bits per heavy atom. The van der Waals surface area contributed by atoms with Gasteiger partial charge in [-0.15, -0.1) is 0 Å². The molecule has 2 rings (SSSR count). The maximum atomic E-state index is 12.0. The molecule has 0 atom stereocenters. The lowest BCUT2D eigenvalue weighted by molar-refractivity contribution is -0.116. The van der Waals surface area contributed by atoms with Crippen LogP contribution in [0, 0.1) is 0 Å². The van der Waals surface area contributed by atoms with Crippen LogP contribution in [0.15, 0.2) is 54.6 Å². The molecule has 0 heterocycles. The first-order valence-electron chi connectivity index (χ1n) is 6.78. The number of benzene rings is 2. The van der Waals surface area contributed by atoms with Crippen molar-refractivity contribution in [3.05, 3.63) is 70.8 Å². The van der Waals surface area contributed by atoms with Crippen molar-refractivity contribution in [1.82, 2.24) is 5.32 Å². The second kappa shape index (κ2) is 8.29. The van der Waals surface area contributed by atoms with Crippen LogP contribution in [0.4, 0.5) is 8.78 Å². The molecule has 0 spiro atoms. The molecule has 1 amide bonds. The lowest BCUT2D eigenvalue weighted by Gasteiger charge is -2.06. The number of hydrogen-bond donors (Lipinski definition) is 1. The van der Waals surface area contributed by atoms with Crippen molar-refractivity contribution in [3.63, 3.8) is 0 Å². The number of halogens is 3. The van der Waals surface area contributed by atoms with E-state index in [-0.39, 0.29) is 18.2 Å². The van der Waals surface area contributed by atoms with E-state index < -0.39 is 6.61 Å². The fourth-order valence-corrected chi connectivity index (χ4v) is 2.02. The highest BCUT2D eigenvalue weighted by atomic mass is 35.5. The van der Waals surface area contributed by atoms with Gasteiger partial charge in [0.15, 0.2) is 0 Å². The average Bonchev–Trinajstić information content (AvgIpc) is 2.52. The van der Waals surface area contributed by atoms with Gasteiger partial charge >= 0.3 is 6.61 Å². The number of alkyl halides is 2. The van der Waals surface area contributed by atoms with Gasteiger partial charge in [0.05, 0.1) is 0 Å². The van der Waals surface area contributed by atoms with Crippen LogP contribution in [-0.2, 0) is 11.3 Å². The van der Waals surface area contributed by atoms with Crippen molar-refractivity contribution in [1.29, 1.82) is 0 Å². The molecule has 0 unspecified atom stereocenters. The van der Waals surface area contributed by atoms with E-state index in [0.29, 0.717) is 5.02 Å². The van der Waals surface area contributed by atoms with Gasteiger partial charge in [-0.2, -0.15) is 8.78 Å². The second-order valence-corrected chi connectivity index (χ2v) is 5.07. The predicted octanol–water partition coefficient (Wildman–Crippen LogP) is 4.27. The van der Waals surface area contributed by atoms with Gasteiger partial charge in [-0.05, 0) is 41.5 Å². The van der Waals surface area contributed by atoms with Crippen LogP contribution in [0.2, 0.25) is 5.02 Å². The molecule has 1 N–H and O–H groups in total. The van der Waals surface area contributed by atoms with E-state index in [4.69, 9.17) is 11.6 Å². The highest BCUT2D eigenvalue weighted by Crippen LogP contribution is 2.15. The van der Waals surface area contributed by atoms with Crippen LogP contribution in [0.25, 0.3) is 6.08 Å². The van der Waals surface area contributed by atoms with Crippen molar-refractivity contribution in [2.75, 3.05) is 0 Å². The molecule has 2 aromatic rings. The molecule has 0 aliphatic carbocycles. The minimum atomic E-state index is -2.85. The SMILES string of the molecule is O=C(/C=C/c1cccc(Cl)c1)NCc1ccc(OC(F)F)cc1. The fourth-order valence-electron chi connectivity index (χ4n) is 1.82. The first kappa shape index (κ1) is 17.0. The van der Waals surface area contributed by atoms with Gasteiger partial charge in [0.25, 0.3) is 0 Å². The van der Waals surface area contributed by atoms with Gasteiger partial charge in [-0.25, -0.2) is 0 Å². The lowest BCUT2D eigenvalue weighted by atomic mass is 10.2. The number of ether oxygens (including phenoxy) is 1. The molecule has 3 nitrogen and oxygen atoms in total. The topological polar surface area (TPSA) is 38.3 Å². The molecule has 0 aliphatic heterocycles. The Bertz CT molecular complexity index is 687. The molecular weight excluding hydrogens is 324 g/mol. The number of nitrogens with one attached hydrogen (secondary N) is 1. The largest absolute Gasteiger partial charge is 0.435 e. The monoisotopic (exact) mass is 337 g/mol. The Morgan fingerprint density at radius 3 is 2.61 bits per heavy atom. The van der Waals surface area contributed by atoms with Crippen molar-refractivity contribution < 1.29 is 18.3 Å². The summed E-state index contributed by atoms with van der Waals surface area (Å²) in [5.74, 6) is -0.186. The zero-order valence-electron chi connectivity index (χ0n) is 12.0. The van der Waals surface area contributed by atoms with Gasteiger partial charge in [-0.3, -0.25) is 4.79 Å². The van der Waals surface area contributed by atoms with Crippen molar-refractivity contribution in [2.24, 2.45) is 0 Å². The molecule has 0 saturated heterocycles. The Balaban J connectivity index is 1.84. The quantitative estimate of drug-likeness (QED) is 0.799. The van der Waals surface area contributed by atoms with E-state index in [1.165, 1.54) is 18.2 Å². The maximum absolute atomic E-state index is 12.0. The summed E-state index contributed by atoms with van der Waals surface area (Å²) in [5.41, 5.74) is 1.59. The number of rotatable bonds is 6. The summed E-state index contributed by atoms with van der Waals surface area (Å²) in [7, 11) is 0. The van der Waals surface area contributed by atoms with Gasteiger partial charge in [0.1, 0.15) is 5.75 Å². The third kappa shape index (κ3) is 6.08. The van der Waals surface area contributed by atoms with Gasteiger partial charge in [0, 0.05) is 17.6 Å². The minimum Gasteiger partial charge on any atom is -0.435 e. The number of amides is 1. The molecule has 0 bridgehead atoms. The average molecular weight is 338 g/mol. The van der Waals surface area contributed by atoms with Crippen LogP contribution >= 0.6 is 11.6 Å². The van der Waals surface area contributed by atoms with E-state index in [2.05, 4.69) is 10.1 Å². The van der Waals surface area contributed by atoms with E-state index in [1.54, 1.807) is 36.4 Å². The zero-order chi connectivity index (χ0) is 16.7. The fraction of sp³-hybridized carbons (Fsp3) is 0.118. The third-order valence-corrected chi connectivity index (χ3v) is 3.13. The number of carbonyl (C=O) groups is 1. The highest BCUT2D eigenvalue weighted by molar-refractivity contribution is 6.30. The minimum absolute atomic E-state index is 0.0796. The summed E-state index contributed by atoms with van der Waals surface area (Å²) in [6, 6.07) is 13.2. The van der Waals surface area contributed by atoms with Crippen LogP contribution in [0.1, 0.15) is 11.1 Å². The predicted molar refractivity (Wildman–Crippen MR) is 85.4 cm³/mol. The molecule has 0 aliphatic rings. The van der Waals surface area contributed by atoms with E-state index in [1.807, 2.05) is 6.07 Å². The zero-order valence-corrected chi connectivity index (χ0v) is 12.8. The highest BCUT2D eigenvalue weighted by Gasteiger charge is 2.04. The summed E-state index contributed by atoms with van der Waals surface area (Å²) in [5, 5.41) is 3.29. The molecule has 6 heteroatoms. The molecule has 120 valence electrons. The third-order valence-electron chi connectivity index (χ3n) is 2.89. The summed E-state index contributed by atoms with van der Waals surface area (Å²) in [4.78, 5) is 11.7. The van der Waals surface area contributed by atoms with E-state index in [0.717, 1.165) is 11.1 Å². The maximum Gasteiger partial charge on any atom is 0.387 e. The van der Waals surface area contributed by atoms with Gasteiger partial charge in [0.2, 0.25) is 5.91 Å². The van der Waals surface area contributed by atoms with E-state index in [9.17, 15) is 13.6 Å². The summed E-state index contributed by atoms with van der Waals surface area (Å²) in [6.45, 7) is -2.56. The Kier molecular flexibility index (Phi) is 6.11. The molecular formula is C17H14ClF2NO2. The molecule has 0 radical (unpaired) electrons. The molecule has 0 saturated carbocycles. The van der Waals surface area contributed by atoms with Gasteiger partial charge in [-0.1, -0.05) is 35.9 Å². The van der Waals surface area contributed by atoms with Crippen molar-refractivity contribution in [3.8, 4) is 5.75 Å². The first-order valence-corrected chi connectivity index (χ1v) is 7.16. The molecule has 0 fully saturated rings. The lowest BCUT2D eigenvalue weighted by Crippen LogP contribution is -2.20. The van der Waals surface area contributed by atoms with Crippen LogP contribution in [-0.4, -0.2) is 12.5 Å². The smallest absolute Gasteiger partial charge is 0.387 e. The summed E-state index contributed by atoms with van der Waals surface area (Å²) in [6.07, 6.45) is 3.06. The standard InChI is InChI=1S/C17H14ClF2NO2/c18-14-3-1-2-12(10-14)6-9-16(22)21-11-13-4-7-15(8-5-13)23-17(19)20/h1-10,17H,11H2,(H,21,22)/b9-6+. The van der Waals surface area contributed by atoms with Crippen LogP contribution in [0.3, 0.4) is 0 Å². The van der Waals surface area contributed by atoms with Crippen molar-refractivity contribution in [2.45, 2.75) is 13.2 Å². The second-order valence-electron chi connectivity index (χ2n) is 4.63. The number of hydrogen-bond acceptors (Lipinski definition) is 2. The van der Waals surface area contributed by atoms with Crippen LogP contribution in [0.5, 0.6) is 5.75 Å². The Labute approximate surface area is 137 Å². The summed E-state index contributed by atoms with van der Waals surface area (Å²) >= 11 is 5.85. The van der Waals surface area contributed by atoms with Gasteiger partial charge < -0.3 is 10.1 Å². The van der Waals surface area contributed by atoms with Crippen molar-refractivity contribution >= 4 is 23.6 Å². The van der Waals surface area contributed by atoms with E-state index >= 15 is 0 Å². The molecule has 2 aromatic carbocycles. The Morgan fingerprint density at radius 2 is 1.96 bits per heavy atom. The first-order chi connectivity index (χ1) is 11.0.